The van der Waals surface area contributed by atoms with E-state index in [2.05, 4.69) is 5.32 Å². The Kier molecular flexibility index (Phi) is 5.32. The van der Waals surface area contributed by atoms with Gasteiger partial charge >= 0.3 is 0 Å². The Morgan fingerprint density at radius 1 is 1.12 bits per heavy atom. The Morgan fingerprint density at radius 3 is 2.46 bits per heavy atom. The molecule has 0 radical (unpaired) electrons. The van der Waals surface area contributed by atoms with E-state index in [-0.39, 0.29) is 11.9 Å². The zero-order valence-corrected chi connectivity index (χ0v) is 14.8. The highest BCUT2D eigenvalue weighted by atomic mass is 35.5. The lowest BCUT2D eigenvalue weighted by atomic mass is 10.0. The van der Waals surface area contributed by atoms with E-state index in [1.807, 2.05) is 24.3 Å². The van der Waals surface area contributed by atoms with Crippen LogP contribution in [0.25, 0.3) is 0 Å². The zero-order valence-electron chi connectivity index (χ0n) is 13.3. The molecule has 1 aliphatic carbocycles. The zero-order chi connectivity index (χ0) is 17.1. The molecule has 0 bridgehead atoms. The van der Waals surface area contributed by atoms with E-state index in [4.69, 9.17) is 27.9 Å². The van der Waals surface area contributed by atoms with Crippen LogP contribution in [0.5, 0.6) is 5.75 Å². The highest BCUT2D eigenvalue weighted by Crippen LogP contribution is 2.41. The van der Waals surface area contributed by atoms with Crippen molar-refractivity contribution in [1.29, 1.82) is 0 Å². The average molecular weight is 364 g/mol. The number of ether oxygens (including phenoxy) is 1. The van der Waals surface area contributed by atoms with Crippen molar-refractivity contribution in [2.75, 3.05) is 0 Å². The van der Waals surface area contributed by atoms with E-state index < -0.39 is 6.10 Å². The maximum atomic E-state index is 12.5. The van der Waals surface area contributed by atoms with E-state index in [1.54, 1.807) is 31.2 Å². The maximum Gasteiger partial charge on any atom is 0.261 e. The van der Waals surface area contributed by atoms with Crippen molar-refractivity contribution in [2.45, 2.75) is 31.9 Å². The third-order valence-corrected chi connectivity index (χ3v) is 4.59. The van der Waals surface area contributed by atoms with Crippen LogP contribution < -0.4 is 10.1 Å². The van der Waals surface area contributed by atoms with Gasteiger partial charge in [0.05, 0.1) is 6.04 Å². The first-order chi connectivity index (χ1) is 11.5. The van der Waals surface area contributed by atoms with Crippen LogP contribution in [0.1, 0.15) is 31.4 Å². The third kappa shape index (κ3) is 4.43. The molecule has 3 nitrogen and oxygen atoms in total. The molecular weight excluding hydrogens is 345 g/mol. The molecule has 0 aliphatic heterocycles. The minimum atomic E-state index is -0.600. The highest BCUT2D eigenvalue weighted by molar-refractivity contribution is 6.30. The van der Waals surface area contributed by atoms with Crippen molar-refractivity contribution < 1.29 is 9.53 Å². The van der Waals surface area contributed by atoms with Crippen LogP contribution >= 0.6 is 23.2 Å². The predicted molar refractivity (Wildman–Crippen MR) is 96.6 cm³/mol. The average Bonchev–Trinajstić information content (AvgIpc) is 3.38. The number of halogens is 2. The first-order valence-electron chi connectivity index (χ1n) is 8.01. The van der Waals surface area contributed by atoms with Gasteiger partial charge in [-0.2, -0.15) is 0 Å². The van der Waals surface area contributed by atoms with Gasteiger partial charge in [-0.3, -0.25) is 4.79 Å². The predicted octanol–water partition coefficient (Wildman–Crippen LogP) is 5.03. The summed E-state index contributed by atoms with van der Waals surface area (Å²) in [6, 6.07) is 14.7. The summed E-state index contributed by atoms with van der Waals surface area (Å²) in [6.45, 7) is 1.74. The molecule has 0 aromatic heterocycles. The van der Waals surface area contributed by atoms with E-state index >= 15 is 0 Å². The van der Waals surface area contributed by atoms with Crippen molar-refractivity contribution in [2.24, 2.45) is 5.92 Å². The second kappa shape index (κ2) is 7.45. The van der Waals surface area contributed by atoms with Crippen LogP contribution in [0.4, 0.5) is 0 Å². The fourth-order valence-corrected chi connectivity index (χ4v) is 2.95. The van der Waals surface area contributed by atoms with Crippen molar-refractivity contribution in [3.8, 4) is 5.75 Å². The summed E-state index contributed by atoms with van der Waals surface area (Å²) >= 11 is 11.9. The lowest BCUT2D eigenvalue weighted by Gasteiger charge is -2.22. The monoisotopic (exact) mass is 363 g/mol. The van der Waals surface area contributed by atoms with Gasteiger partial charge in [-0.1, -0.05) is 41.4 Å². The van der Waals surface area contributed by atoms with Crippen LogP contribution in [0.15, 0.2) is 48.5 Å². The Labute approximate surface area is 151 Å². The van der Waals surface area contributed by atoms with Gasteiger partial charge in [-0.15, -0.1) is 0 Å². The van der Waals surface area contributed by atoms with Crippen LogP contribution in [0, 0.1) is 5.92 Å². The molecule has 1 saturated carbocycles. The molecule has 1 N–H and O–H groups in total. The molecule has 2 atom stereocenters. The lowest BCUT2D eigenvalue weighted by Crippen LogP contribution is -2.39. The second-order valence-corrected chi connectivity index (χ2v) is 6.97. The number of nitrogens with one attached hydrogen (secondary N) is 1. The van der Waals surface area contributed by atoms with Gasteiger partial charge < -0.3 is 10.1 Å². The number of benzene rings is 2. The Hall–Kier alpha value is -1.71. The van der Waals surface area contributed by atoms with Crippen molar-refractivity contribution >= 4 is 29.1 Å². The van der Waals surface area contributed by atoms with Crippen molar-refractivity contribution in [3.05, 3.63) is 64.1 Å². The van der Waals surface area contributed by atoms with Crippen LogP contribution in [-0.2, 0) is 4.79 Å². The first kappa shape index (κ1) is 17.1. The van der Waals surface area contributed by atoms with Crippen LogP contribution in [-0.4, -0.2) is 12.0 Å². The summed E-state index contributed by atoms with van der Waals surface area (Å²) in [5.41, 5.74) is 1.07. The van der Waals surface area contributed by atoms with E-state index in [0.29, 0.717) is 21.7 Å². The molecule has 0 heterocycles. The second-order valence-electron chi connectivity index (χ2n) is 6.09. The summed E-state index contributed by atoms with van der Waals surface area (Å²) in [6.07, 6.45) is 1.64. The number of hydrogen-bond acceptors (Lipinski definition) is 2. The standard InChI is InChI=1S/C19H19Cl2NO2/c1-12(24-17-4-2-3-16(21)11-17)19(23)22-18(13-5-6-13)14-7-9-15(20)10-8-14/h2-4,7-13,18H,5-6H2,1H3,(H,22,23). The van der Waals surface area contributed by atoms with Gasteiger partial charge in [0, 0.05) is 10.0 Å². The van der Waals surface area contributed by atoms with Gasteiger partial charge in [-0.05, 0) is 61.6 Å². The minimum Gasteiger partial charge on any atom is -0.481 e. The summed E-state index contributed by atoms with van der Waals surface area (Å²) in [7, 11) is 0. The summed E-state index contributed by atoms with van der Waals surface area (Å²) in [5.74, 6) is 0.926. The fraction of sp³-hybridized carbons (Fsp3) is 0.316. The lowest BCUT2D eigenvalue weighted by molar-refractivity contribution is -0.128. The molecule has 1 aliphatic rings. The molecule has 2 unspecified atom stereocenters. The smallest absolute Gasteiger partial charge is 0.261 e. The molecule has 0 saturated heterocycles. The molecule has 2 aromatic rings. The summed E-state index contributed by atoms with van der Waals surface area (Å²) in [4.78, 5) is 12.5. The van der Waals surface area contributed by atoms with Gasteiger partial charge in [0.25, 0.3) is 5.91 Å². The Bertz CT molecular complexity index is 714. The Morgan fingerprint density at radius 2 is 1.83 bits per heavy atom. The Balaban J connectivity index is 1.66. The van der Waals surface area contributed by atoms with Crippen LogP contribution in [0.3, 0.4) is 0 Å². The topological polar surface area (TPSA) is 38.3 Å². The molecule has 1 amide bonds. The summed E-state index contributed by atoms with van der Waals surface area (Å²) < 4.78 is 5.70. The SMILES string of the molecule is CC(Oc1cccc(Cl)c1)C(=O)NC(c1ccc(Cl)cc1)C1CC1. The highest BCUT2D eigenvalue weighted by Gasteiger charge is 2.34. The molecule has 1 fully saturated rings. The van der Waals surface area contributed by atoms with Crippen molar-refractivity contribution in [3.63, 3.8) is 0 Å². The number of rotatable bonds is 6. The molecule has 3 rings (SSSR count). The largest absolute Gasteiger partial charge is 0.481 e. The molecule has 2 aromatic carbocycles. The van der Waals surface area contributed by atoms with E-state index in [9.17, 15) is 4.79 Å². The third-order valence-electron chi connectivity index (χ3n) is 4.10. The van der Waals surface area contributed by atoms with E-state index in [1.165, 1.54) is 0 Å². The minimum absolute atomic E-state index is 0.000165. The molecular formula is C19H19Cl2NO2. The van der Waals surface area contributed by atoms with E-state index in [0.717, 1.165) is 18.4 Å². The molecule has 0 spiro atoms. The molecule has 24 heavy (non-hydrogen) atoms. The van der Waals surface area contributed by atoms with Gasteiger partial charge in [-0.25, -0.2) is 0 Å². The number of carbonyl (C=O) groups is 1. The molecule has 5 heteroatoms. The number of amides is 1. The van der Waals surface area contributed by atoms with Gasteiger partial charge in [0.15, 0.2) is 6.10 Å². The quantitative estimate of drug-likeness (QED) is 0.781. The van der Waals surface area contributed by atoms with Crippen molar-refractivity contribution in [1.82, 2.24) is 5.32 Å². The van der Waals surface area contributed by atoms with Crippen LogP contribution in [0.2, 0.25) is 10.0 Å². The van der Waals surface area contributed by atoms with Gasteiger partial charge in [0.1, 0.15) is 5.75 Å². The fourth-order valence-electron chi connectivity index (χ4n) is 2.64. The van der Waals surface area contributed by atoms with Gasteiger partial charge in [0.2, 0.25) is 0 Å². The maximum absolute atomic E-state index is 12.5. The normalized spacial score (nSPS) is 16.3. The molecule has 126 valence electrons. The number of carbonyl (C=O) groups excluding carboxylic acids is 1. The number of hydrogen-bond donors (Lipinski definition) is 1. The summed E-state index contributed by atoms with van der Waals surface area (Å²) in [5, 5.41) is 4.38. The first-order valence-corrected chi connectivity index (χ1v) is 8.76.